The van der Waals surface area contributed by atoms with E-state index in [1.165, 1.54) is 23.5 Å². The zero-order chi connectivity index (χ0) is 15.5. The smallest absolute Gasteiger partial charge is 0.263 e. The minimum absolute atomic E-state index is 0.115. The van der Waals surface area contributed by atoms with Crippen LogP contribution in [0.1, 0.15) is 11.9 Å². The predicted molar refractivity (Wildman–Crippen MR) is 86.9 cm³/mol. The van der Waals surface area contributed by atoms with Gasteiger partial charge in [0.2, 0.25) is 5.13 Å². The molecular weight excluding hydrogens is 330 g/mol. The maximum atomic E-state index is 12.2. The zero-order valence-electron chi connectivity index (χ0n) is 11.0. The third-order valence-electron chi connectivity index (χ3n) is 2.42. The third-order valence-corrected chi connectivity index (χ3v) is 4.99. The first-order chi connectivity index (χ1) is 9.90. The van der Waals surface area contributed by atoms with Crippen molar-refractivity contribution in [2.45, 2.75) is 18.2 Å². The lowest BCUT2D eigenvalue weighted by Crippen LogP contribution is -2.19. The second-order valence-electron chi connectivity index (χ2n) is 3.97. The van der Waals surface area contributed by atoms with E-state index in [9.17, 15) is 8.42 Å². The van der Waals surface area contributed by atoms with Crippen LogP contribution in [0.25, 0.3) is 0 Å². The molecule has 0 radical (unpaired) electrons. The van der Waals surface area contributed by atoms with Gasteiger partial charge in [0.15, 0.2) is 5.11 Å². The number of rotatable bonds is 5. The van der Waals surface area contributed by atoms with Gasteiger partial charge in [-0.25, -0.2) is 8.42 Å². The number of sulfonamides is 1. The lowest BCUT2D eigenvalue weighted by atomic mass is 10.3. The molecule has 0 aliphatic carbocycles. The van der Waals surface area contributed by atoms with Gasteiger partial charge in [-0.05, 0) is 42.9 Å². The number of hydrogen-bond donors (Lipinski definition) is 3. The minimum atomic E-state index is -3.69. The Labute approximate surface area is 131 Å². The standard InChI is InChI=1S/C11H13N5O2S3/c1-2-9-14-15-11(20-9)16-21(17,18)8-5-3-7(4-6-8)13-10(12)19/h3-6H,2H2,1H3,(H,15,16)(H3,12,13,19). The lowest BCUT2D eigenvalue weighted by Gasteiger charge is -2.07. The van der Waals surface area contributed by atoms with Crippen molar-refractivity contribution in [3.05, 3.63) is 29.3 Å². The quantitative estimate of drug-likeness (QED) is 0.707. The highest BCUT2D eigenvalue weighted by molar-refractivity contribution is 7.93. The summed E-state index contributed by atoms with van der Waals surface area (Å²) in [6.45, 7) is 1.92. The van der Waals surface area contributed by atoms with E-state index in [0.29, 0.717) is 12.1 Å². The maximum Gasteiger partial charge on any atom is 0.263 e. The number of nitrogens with zero attached hydrogens (tertiary/aromatic N) is 2. The van der Waals surface area contributed by atoms with E-state index in [4.69, 9.17) is 18.0 Å². The van der Waals surface area contributed by atoms with Gasteiger partial charge in [-0.1, -0.05) is 18.3 Å². The van der Waals surface area contributed by atoms with Gasteiger partial charge in [-0.2, -0.15) is 0 Å². The molecule has 0 bridgehead atoms. The van der Waals surface area contributed by atoms with Crippen LogP contribution in [-0.2, 0) is 16.4 Å². The molecule has 0 aliphatic rings. The van der Waals surface area contributed by atoms with Gasteiger partial charge in [-0.3, -0.25) is 4.72 Å². The zero-order valence-corrected chi connectivity index (χ0v) is 13.5. The molecule has 4 N–H and O–H groups in total. The first-order valence-electron chi connectivity index (χ1n) is 5.92. The summed E-state index contributed by atoms with van der Waals surface area (Å²) in [6, 6.07) is 6.05. The van der Waals surface area contributed by atoms with Crippen LogP contribution < -0.4 is 15.8 Å². The minimum Gasteiger partial charge on any atom is -0.376 e. The Morgan fingerprint density at radius 1 is 1.33 bits per heavy atom. The molecule has 0 fully saturated rings. The summed E-state index contributed by atoms with van der Waals surface area (Å²) in [4.78, 5) is 0.115. The molecule has 21 heavy (non-hydrogen) atoms. The topological polar surface area (TPSA) is 110 Å². The number of benzene rings is 1. The van der Waals surface area contributed by atoms with E-state index in [-0.39, 0.29) is 15.1 Å². The second-order valence-corrected chi connectivity index (χ2v) is 7.16. The highest BCUT2D eigenvalue weighted by Crippen LogP contribution is 2.21. The molecule has 0 unspecified atom stereocenters. The van der Waals surface area contributed by atoms with Crippen LogP contribution >= 0.6 is 23.6 Å². The number of aryl methyl sites for hydroxylation is 1. The summed E-state index contributed by atoms with van der Waals surface area (Å²) in [5, 5.41) is 11.5. The van der Waals surface area contributed by atoms with Gasteiger partial charge in [0.1, 0.15) is 5.01 Å². The first-order valence-corrected chi connectivity index (χ1v) is 8.63. The van der Waals surface area contributed by atoms with Crippen LogP contribution in [-0.4, -0.2) is 23.7 Å². The number of nitrogens with two attached hydrogens (primary N) is 1. The van der Waals surface area contributed by atoms with Crippen LogP contribution in [0.4, 0.5) is 10.8 Å². The molecule has 1 aromatic carbocycles. The normalized spacial score (nSPS) is 11.1. The van der Waals surface area contributed by atoms with Crippen LogP contribution in [0, 0.1) is 0 Å². The fourth-order valence-electron chi connectivity index (χ4n) is 1.47. The largest absolute Gasteiger partial charge is 0.376 e. The molecule has 0 spiro atoms. The average Bonchev–Trinajstić information content (AvgIpc) is 2.85. The van der Waals surface area contributed by atoms with Crippen LogP contribution in [0.15, 0.2) is 29.2 Å². The van der Waals surface area contributed by atoms with E-state index >= 15 is 0 Å². The van der Waals surface area contributed by atoms with E-state index in [2.05, 4.69) is 20.2 Å². The van der Waals surface area contributed by atoms with Crippen molar-refractivity contribution in [3.8, 4) is 0 Å². The van der Waals surface area contributed by atoms with Gasteiger partial charge in [-0.15, -0.1) is 10.2 Å². The third kappa shape index (κ3) is 4.09. The number of thiocarbonyl (C=S) groups is 1. The van der Waals surface area contributed by atoms with E-state index < -0.39 is 10.0 Å². The van der Waals surface area contributed by atoms with Gasteiger partial charge in [0.05, 0.1) is 4.90 Å². The molecule has 2 rings (SSSR count). The molecule has 7 nitrogen and oxygen atoms in total. The summed E-state index contributed by atoms with van der Waals surface area (Å²) in [5.74, 6) is 0. The Morgan fingerprint density at radius 3 is 2.52 bits per heavy atom. The predicted octanol–water partition coefficient (Wildman–Crippen LogP) is 1.56. The number of nitrogens with one attached hydrogen (secondary N) is 2. The van der Waals surface area contributed by atoms with E-state index in [1.807, 2.05) is 6.92 Å². The Kier molecular flexibility index (Phi) is 4.70. The molecule has 10 heteroatoms. The van der Waals surface area contributed by atoms with Gasteiger partial charge in [0, 0.05) is 5.69 Å². The highest BCUT2D eigenvalue weighted by Gasteiger charge is 2.16. The molecule has 0 atom stereocenters. The average molecular weight is 343 g/mol. The molecule has 1 heterocycles. The fraction of sp³-hybridized carbons (Fsp3) is 0.182. The number of anilines is 2. The summed E-state index contributed by atoms with van der Waals surface area (Å²) in [6.07, 6.45) is 0.707. The van der Waals surface area contributed by atoms with Crippen LogP contribution in [0.5, 0.6) is 0 Å². The molecule has 1 aromatic heterocycles. The Hall–Kier alpha value is -1.78. The summed E-state index contributed by atoms with van der Waals surface area (Å²) >= 11 is 5.91. The molecule has 0 aliphatic heterocycles. The van der Waals surface area contributed by atoms with Crippen molar-refractivity contribution in [1.29, 1.82) is 0 Å². The fourth-order valence-corrected chi connectivity index (χ4v) is 3.50. The molecule has 0 saturated heterocycles. The van der Waals surface area contributed by atoms with E-state index in [0.717, 1.165) is 5.01 Å². The van der Waals surface area contributed by atoms with Gasteiger partial charge < -0.3 is 11.1 Å². The van der Waals surface area contributed by atoms with Crippen LogP contribution in [0.2, 0.25) is 0 Å². The first kappa shape index (κ1) is 15.6. The van der Waals surface area contributed by atoms with Gasteiger partial charge in [0.25, 0.3) is 10.0 Å². The van der Waals surface area contributed by atoms with Crippen molar-refractivity contribution >= 4 is 49.5 Å². The van der Waals surface area contributed by atoms with Crippen molar-refractivity contribution < 1.29 is 8.42 Å². The summed E-state index contributed by atoms with van der Waals surface area (Å²) in [5.41, 5.74) is 5.96. The maximum absolute atomic E-state index is 12.2. The summed E-state index contributed by atoms with van der Waals surface area (Å²) < 4.78 is 26.8. The lowest BCUT2D eigenvalue weighted by molar-refractivity contribution is 0.601. The SMILES string of the molecule is CCc1nnc(NS(=O)(=O)c2ccc(NC(N)=S)cc2)s1. The molecule has 0 saturated carbocycles. The monoisotopic (exact) mass is 343 g/mol. The molecular formula is C11H13N5O2S3. The van der Waals surface area contributed by atoms with Crippen molar-refractivity contribution in [2.75, 3.05) is 10.0 Å². The Balaban J connectivity index is 2.17. The van der Waals surface area contributed by atoms with Crippen molar-refractivity contribution in [1.82, 2.24) is 10.2 Å². The summed E-state index contributed by atoms with van der Waals surface area (Å²) in [7, 11) is -3.69. The van der Waals surface area contributed by atoms with Crippen molar-refractivity contribution in [3.63, 3.8) is 0 Å². The van der Waals surface area contributed by atoms with Gasteiger partial charge >= 0.3 is 0 Å². The Morgan fingerprint density at radius 2 is 2.00 bits per heavy atom. The number of aromatic nitrogens is 2. The highest BCUT2D eigenvalue weighted by atomic mass is 32.2. The second kappa shape index (κ2) is 6.33. The Bertz CT molecular complexity index is 739. The molecule has 0 amide bonds. The number of hydrogen-bond acceptors (Lipinski definition) is 6. The van der Waals surface area contributed by atoms with Crippen LogP contribution in [0.3, 0.4) is 0 Å². The van der Waals surface area contributed by atoms with E-state index in [1.54, 1.807) is 12.1 Å². The molecule has 112 valence electrons. The van der Waals surface area contributed by atoms with Crippen molar-refractivity contribution in [2.24, 2.45) is 5.73 Å². The molecule has 2 aromatic rings.